The summed E-state index contributed by atoms with van der Waals surface area (Å²) >= 11 is 0. The molecule has 102 valence electrons. The molecule has 1 N–H and O–H groups in total. The summed E-state index contributed by atoms with van der Waals surface area (Å²) in [4.78, 5) is 4.09. The number of hydrogen-bond donors (Lipinski definition) is 1. The fraction of sp³-hybridized carbons (Fsp3) is 0.353. The number of hydrogen-bond acceptors (Lipinski definition) is 2. The molecule has 1 aromatic carbocycles. The number of allylic oxidation sites excluding steroid dienone is 1. The number of nitrogens with zero attached hydrogens (tertiary/aromatic N) is 2. The predicted octanol–water partition coefficient (Wildman–Crippen LogP) is 3.31. The van der Waals surface area contributed by atoms with Gasteiger partial charge in [0.1, 0.15) is 0 Å². The Morgan fingerprint density at radius 3 is 3.20 bits per heavy atom. The van der Waals surface area contributed by atoms with Crippen LogP contribution in [0.15, 0.2) is 55.1 Å². The zero-order valence-corrected chi connectivity index (χ0v) is 11.4. The maximum absolute atomic E-state index is 4.09. The van der Waals surface area contributed by atoms with E-state index in [0.717, 1.165) is 18.4 Å². The average Bonchev–Trinajstić information content (AvgIpc) is 3.06. The van der Waals surface area contributed by atoms with Crippen molar-refractivity contribution in [1.82, 2.24) is 9.55 Å². The minimum atomic E-state index is 0.627. The second-order valence-electron chi connectivity index (χ2n) is 5.92. The second kappa shape index (κ2) is 4.82. The van der Waals surface area contributed by atoms with E-state index in [-0.39, 0.29) is 0 Å². The Bertz CT molecular complexity index is 615. The molecule has 2 aliphatic carbocycles. The van der Waals surface area contributed by atoms with E-state index in [9.17, 15) is 0 Å². The van der Waals surface area contributed by atoms with Crippen LogP contribution in [0, 0.1) is 11.8 Å². The van der Waals surface area contributed by atoms with Gasteiger partial charge in [-0.05, 0) is 36.5 Å². The molecule has 2 aliphatic rings. The highest BCUT2D eigenvalue weighted by Gasteiger charge is 2.40. The van der Waals surface area contributed by atoms with Crippen LogP contribution >= 0.6 is 0 Å². The molecule has 1 aromatic heterocycles. The predicted molar refractivity (Wildman–Crippen MR) is 80.5 cm³/mol. The Labute approximate surface area is 119 Å². The molecule has 3 unspecified atom stereocenters. The van der Waals surface area contributed by atoms with Crippen molar-refractivity contribution in [3.8, 4) is 0 Å². The van der Waals surface area contributed by atoms with Gasteiger partial charge in [0.25, 0.3) is 0 Å². The van der Waals surface area contributed by atoms with Gasteiger partial charge in [-0.3, -0.25) is 0 Å². The normalized spacial score (nSPS) is 27.1. The van der Waals surface area contributed by atoms with Crippen molar-refractivity contribution in [3.05, 3.63) is 60.7 Å². The van der Waals surface area contributed by atoms with E-state index in [2.05, 4.69) is 51.3 Å². The smallest absolute Gasteiger partial charge is 0.0949 e. The zero-order valence-electron chi connectivity index (χ0n) is 11.4. The molecule has 0 spiro atoms. The monoisotopic (exact) mass is 265 g/mol. The van der Waals surface area contributed by atoms with Gasteiger partial charge in [-0.25, -0.2) is 4.98 Å². The molecule has 0 saturated heterocycles. The average molecular weight is 265 g/mol. The number of aromatic nitrogens is 2. The molecule has 20 heavy (non-hydrogen) atoms. The Morgan fingerprint density at radius 1 is 1.35 bits per heavy atom. The first-order chi connectivity index (χ1) is 9.88. The van der Waals surface area contributed by atoms with Crippen LogP contribution in [0.2, 0.25) is 0 Å². The summed E-state index contributed by atoms with van der Waals surface area (Å²) in [6, 6.07) is 9.36. The first kappa shape index (κ1) is 11.8. The maximum atomic E-state index is 4.09. The van der Waals surface area contributed by atoms with Crippen LogP contribution in [0.4, 0.5) is 5.69 Å². The fourth-order valence-corrected chi connectivity index (χ4v) is 3.45. The highest BCUT2D eigenvalue weighted by molar-refractivity contribution is 5.48. The van der Waals surface area contributed by atoms with E-state index < -0.39 is 0 Å². The van der Waals surface area contributed by atoms with E-state index in [4.69, 9.17) is 0 Å². The van der Waals surface area contributed by atoms with Gasteiger partial charge in [-0.1, -0.05) is 24.3 Å². The van der Waals surface area contributed by atoms with Gasteiger partial charge < -0.3 is 9.88 Å². The molecule has 3 atom stereocenters. The summed E-state index contributed by atoms with van der Waals surface area (Å²) in [5.74, 6) is 1.66. The molecule has 3 nitrogen and oxygen atoms in total. The number of anilines is 1. The van der Waals surface area contributed by atoms with Crippen molar-refractivity contribution in [2.24, 2.45) is 11.8 Å². The number of rotatable bonds is 4. The SMILES string of the molecule is C1=CC2C(C1)CC2Nc1cccc(Cn2ccnc2)c1. The number of imidazole rings is 1. The second-order valence-corrected chi connectivity index (χ2v) is 5.92. The summed E-state index contributed by atoms with van der Waals surface area (Å²) < 4.78 is 2.10. The van der Waals surface area contributed by atoms with Crippen LogP contribution in [0.5, 0.6) is 0 Å². The topological polar surface area (TPSA) is 29.9 Å². The summed E-state index contributed by atoms with van der Waals surface area (Å²) in [6.07, 6.45) is 13.0. The van der Waals surface area contributed by atoms with Gasteiger partial charge in [-0.15, -0.1) is 0 Å². The third kappa shape index (κ3) is 2.13. The molecule has 0 radical (unpaired) electrons. The molecular formula is C17H19N3. The van der Waals surface area contributed by atoms with Crippen molar-refractivity contribution >= 4 is 5.69 Å². The van der Waals surface area contributed by atoms with Gasteiger partial charge in [0.05, 0.1) is 6.33 Å². The summed E-state index contributed by atoms with van der Waals surface area (Å²) in [6.45, 7) is 0.881. The lowest BCUT2D eigenvalue weighted by Crippen LogP contribution is -2.43. The first-order valence-corrected chi connectivity index (χ1v) is 7.36. The molecule has 3 heteroatoms. The molecule has 1 heterocycles. The Kier molecular flexibility index (Phi) is 2.84. The van der Waals surface area contributed by atoms with E-state index in [1.807, 2.05) is 18.7 Å². The highest BCUT2D eigenvalue weighted by atomic mass is 15.0. The van der Waals surface area contributed by atoms with Gasteiger partial charge in [0.15, 0.2) is 0 Å². The quantitative estimate of drug-likeness (QED) is 0.860. The van der Waals surface area contributed by atoms with Gasteiger partial charge in [0.2, 0.25) is 0 Å². The Balaban J connectivity index is 1.45. The molecule has 2 aromatic rings. The van der Waals surface area contributed by atoms with Crippen molar-refractivity contribution < 1.29 is 0 Å². The lowest BCUT2D eigenvalue weighted by molar-refractivity contribution is 0.218. The largest absolute Gasteiger partial charge is 0.382 e. The Hall–Kier alpha value is -2.03. The van der Waals surface area contributed by atoms with E-state index >= 15 is 0 Å². The van der Waals surface area contributed by atoms with Gasteiger partial charge >= 0.3 is 0 Å². The van der Waals surface area contributed by atoms with E-state index in [1.54, 1.807) is 0 Å². The third-order valence-corrected chi connectivity index (χ3v) is 4.57. The van der Waals surface area contributed by atoms with E-state index in [1.165, 1.54) is 24.1 Å². The Morgan fingerprint density at radius 2 is 2.35 bits per heavy atom. The number of nitrogens with one attached hydrogen (secondary N) is 1. The van der Waals surface area contributed by atoms with Crippen LogP contribution in [-0.4, -0.2) is 15.6 Å². The van der Waals surface area contributed by atoms with E-state index in [0.29, 0.717) is 6.04 Å². The lowest BCUT2D eigenvalue weighted by atomic mass is 9.71. The summed E-state index contributed by atoms with van der Waals surface area (Å²) in [5.41, 5.74) is 2.55. The minimum absolute atomic E-state index is 0.627. The summed E-state index contributed by atoms with van der Waals surface area (Å²) in [7, 11) is 0. The van der Waals surface area contributed by atoms with Crippen LogP contribution in [0.3, 0.4) is 0 Å². The molecule has 0 bridgehead atoms. The van der Waals surface area contributed by atoms with Crippen LogP contribution in [-0.2, 0) is 6.54 Å². The van der Waals surface area contributed by atoms with Gasteiger partial charge in [0, 0.05) is 36.6 Å². The number of fused-ring (bicyclic) bond motifs is 1. The van der Waals surface area contributed by atoms with Crippen LogP contribution < -0.4 is 5.32 Å². The zero-order chi connectivity index (χ0) is 13.4. The number of benzene rings is 1. The molecule has 0 amide bonds. The molecule has 1 fully saturated rings. The summed E-state index contributed by atoms with van der Waals surface area (Å²) in [5, 5.41) is 3.69. The first-order valence-electron chi connectivity index (χ1n) is 7.36. The minimum Gasteiger partial charge on any atom is -0.382 e. The standard InChI is InChI=1S/C17H19N3/c1-3-13(11-20-8-7-18-12-20)9-15(5-1)19-17-10-14-4-2-6-16(14)17/h1-3,5-9,12,14,16-17,19H,4,10-11H2. The van der Waals surface area contributed by atoms with Crippen molar-refractivity contribution in [2.75, 3.05) is 5.32 Å². The van der Waals surface area contributed by atoms with Crippen molar-refractivity contribution in [1.29, 1.82) is 0 Å². The molecule has 0 aliphatic heterocycles. The highest BCUT2D eigenvalue weighted by Crippen LogP contribution is 2.44. The van der Waals surface area contributed by atoms with Crippen LogP contribution in [0.25, 0.3) is 0 Å². The molecule has 1 saturated carbocycles. The molecule has 4 rings (SSSR count). The maximum Gasteiger partial charge on any atom is 0.0949 e. The molecular weight excluding hydrogens is 246 g/mol. The van der Waals surface area contributed by atoms with Crippen molar-refractivity contribution in [3.63, 3.8) is 0 Å². The van der Waals surface area contributed by atoms with Gasteiger partial charge in [-0.2, -0.15) is 0 Å². The van der Waals surface area contributed by atoms with Crippen LogP contribution in [0.1, 0.15) is 18.4 Å². The van der Waals surface area contributed by atoms with Crippen molar-refractivity contribution in [2.45, 2.75) is 25.4 Å². The lowest BCUT2D eigenvalue weighted by Gasteiger charge is -2.41. The fourth-order valence-electron chi connectivity index (χ4n) is 3.45. The third-order valence-electron chi connectivity index (χ3n) is 4.57.